The maximum atomic E-state index is 13.8. The van der Waals surface area contributed by atoms with Crippen LogP contribution >= 0.6 is 11.6 Å². The highest BCUT2D eigenvalue weighted by atomic mass is 35.5. The third-order valence-electron chi connectivity index (χ3n) is 3.28. The Kier molecular flexibility index (Phi) is 4.39. The molecule has 1 aliphatic rings. The fraction of sp³-hybridized carbons (Fsp3) is 0.462. The Morgan fingerprint density at radius 1 is 1.63 bits per heavy atom. The van der Waals surface area contributed by atoms with E-state index >= 15 is 0 Å². The van der Waals surface area contributed by atoms with Crippen LogP contribution < -0.4 is 10.6 Å². The summed E-state index contributed by atoms with van der Waals surface area (Å²) in [7, 11) is 0. The Labute approximate surface area is 116 Å². The minimum absolute atomic E-state index is 0.0256. The molecule has 3 N–H and O–H groups in total. The van der Waals surface area contributed by atoms with Gasteiger partial charge in [0.25, 0.3) is 0 Å². The third kappa shape index (κ3) is 3.05. The van der Waals surface area contributed by atoms with Crippen LogP contribution in [0.1, 0.15) is 24.9 Å². The number of aliphatic hydroxyl groups excluding tert-OH is 1. The fourth-order valence-electron chi connectivity index (χ4n) is 2.19. The van der Waals surface area contributed by atoms with Gasteiger partial charge in [0, 0.05) is 5.56 Å². The van der Waals surface area contributed by atoms with Crippen LogP contribution in [0, 0.1) is 5.82 Å². The van der Waals surface area contributed by atoms with Crippen LogP contribution in [0.25, 0.3) is 0 Å². The van der Waals surface area contributed by atoms with E-state index in [4.69, 9.17) is 11.6 Å². The van der Waals surface area contributed by atoms with Crippen molar-refractivity contribution in [2.45, 2.75) is 31.5 Å². The molecule has 19 heavy (non-hydrogen) atoms. The lowest BCUT2D eigenvalue weighted by Gasteiger charge is -2.20. The zero-order valence-corrected chi connectivity index (χ0v) is 11.2. The van der Waals surface area contributed by atoms with E-state index < -0.39 is 24.0 Å². The zero-order chi connectivity index (χ0) is 14.0. The van der Waals surface area contributed by atoms with Gasteiger partial charge in [-0.1, -0.05) is 23.7 Å². The minimum atomic E-state index is -0.698. The summed E-state index contributed by atoms with van der Waals surface area (Å²) in [4.78, 5) is 11.9. The highest BCUT2D eigenvalue weighted by Crippen LogP contribution is 2.23. The van der Waals surface area contributed by atoms with Gasteiger partial charge in [-0.2, -0.15) is 0 Å². The van der Waals surface area contributed by atoms with Crippen molar-refractivity contribution in [1.29, 1.82) is 0 Å². The second-order valence-electron chi connectivity index (χ2n) is 4.66. The number of aliphatic hydroxyl groups is 1. The summed E-state index contributed by atoms with van der Waals surface area (Å²) in [5.41, 5.74) is 0.327. The highest BCUT2D eigenvalue weighted by Gasteiger charge is 2.32. The number of rotatable bonds is 3. The topological polar surface area (TPSA) is 61.4 Å². The molecule has 2 rings (SSSR count). The molecule has 0 aromatic heterocycles. The monoisotopic (exact) mass is 286 g/mol. The first kappa shape index (κ1) is 14.2. The molecule has 0 radical (unpaired) electrons. The molecule has 0 saturated carbocycles. The van der Waals surface area contributed by atoms with E-state index in [0.717, 1.165) is 0 Å². The number of carbonyl (C=O) groups is 1. The van der Waals surface area contributed by atoms with Crippen LogP contribution in [0.15, 0.2) is 18.2 Å². The molecule has 104 valence electrons. The SMILES string of the molecule is CC(NC(=O)C1NCCC1O)c1cccc(Cl)c1F. The van der Waals surface area contributed by atoms with Crippen LogP contribution in [-0.4, -0.2) is 29.7 Å². The van der Waals surface area contributed by atoms with Crippen LogP contribution in [0.5, 0.6) is 0 Å². The Bertz CT molecular complexity index is 484. The van der Waals surface area contributed by atoms with Crippen molar-refractivity contribution in [2.24, 2.45) is 0 Å². The molecule has 1 heterocycles. The molecule has 4 nitrogen and oxygen atoms in total. The molecule has 1 saturated heterocycles. The van der Waals surface area contributed by atoms with E-state index in [2.05, 4.69) is 10.6 Å². The van der Waals surface area contributed by atoms with E-state index in [1.807, 2.05) is 0 Å². The van der Waals surface area contributed by atoms with Gasteiger partial charge in [0.1, 0.15) is 11.9 Å². The Balaban J connectivity index is 2.06. The molecular formula is C13H16ClFN2O2. The van der Waals surface area contributed by atoms with E-state index in [1.165, 1.54) is 6.07 Å². The lowest BCUT2D eigenvalue weighted by molar-refractivity contribution is -0.125. The van der Waals surface area contributed by atoms with Gasteiger partial charge in [-0.15, -0.1) is 0 Å². The van der Waals surface area contributed by atoms with Gasteiger partial charge in [0.05, 0.1) is 17.2 Å². The van der Waals surface area contributed by atoms with Crippen molar-refractivity contribution in [3.05, 3.63) is 34.6 Å². The molecule has 1 aliphatic heterocycles. The van der Waals surface area contributed by atoms with Crippen molar-refractivity contribution in [1.82, 2.24) is 10.6 Å². The maximum absolute atomic E-state index is 13.8. The summed E-state index contributed by atoms with van der Waals surface area (Å²) in [6, 6.07) is 3.51. The maximum Gasteiger partial charge on any atom is 0.240 e. The number of halogens is 2. The van der Waals surface area contributed by atoms with Gasteiger partial charge in [-0.05, 0) is 26.0 Å². The molecule has 1 fully saturated rings. The molecule has 1 aromatic carbocycles. The van der Waals surface area contributed by atoms with Gasteiger partial charge in [0.15, 0.2) is 0 Å². The molecule has 0 bridgehead atoms. The molecule has 0 aliphatic carbocycles. The molecule has 3 atom stereocenters. The van der Waals surface area contributed by atoms with Gasteiger partial charge in [-0.3, -0.25) is 4.79 Å². The number of amides is 1. The number of benzene rings is 1. The summed E-state index contributed by atoms with van der Waals surface area (Å²) in [6.07, 6.45) is -0.158. The average molecular weight is 287 g/mol. The van der Waals surface area contributed by atoms with Gasteiger partial charge < -0.3 is 15.7 Å². The van der Waals surface area contributed by atoms with Crippen LogP contribution in [0.3, 0.4) is 0 Å². The normalized spacial score (nSPS) is 24.2. The Hall–Kier alpha value is -1.17. The quantitative estimate of drug-likeness (QED) is 0.787. The lowest BCUT2D eigenvalue weighted by Crippen LogP contribution is -2.46. The molecule has 0 spiro atoms. The van der Waals surface area contributed by atoms with E-state index in [-0.39, 0.29) is 10.9 Å². The Morgan fingerprint density at radius 3 is 3.00 bits per heavy atom. The van der Waals surface area contributed by atoms with E-state index in [9.17, 15) is 14.3 Å². The fourth-order valence-corrected chi connectivity index (χ4v) is 2.37. The first-order valence-electron chi connectivity index (χ1n) is 6.16. The van der Waals surface area contributed by atoms with E-state index in [1.54, 1.807) is 19.1 Å². The first-order valence-corrected chi connectivity index (χ1v) is 6.54. The second-order valence-corrected chi connectivity index (χ2v) is 5.07. The smallest absolute Gasteiger partial charge is 0.240 e. The third-order valence-corrected chi connectivity index (χ3v) is 3.57. The largest absolute Gasteiger partial charge is 0.391 e. The average Bonchev–Trinajstić information content (AvgIpc) is 2.79. The molecule has 3 unspecified atom stereocenters. The zero-order valence-electron chi connectivity index (χ0n) is 10.5. The standard InChI is InChI=1S/C13H16ClFN2O2/c1-7(8-3-2-4-9(14)11(8)15)17-13(19)12-10(18)5-6-16-12/h2-4,7,10,12,16,18H,5-6H2,1H3,(H,17,19). The number of hydrogen-bond acceptors (Lipinski definition) is 3. The summed E-state index contributed by atoms with van der Waals surface area (Å²) >= 11 is 5.70. The van der Waals surface area contributed by atoms with Crippen LogP contribution in [-0.2, 0) is 4.79 Å². The van der Waals surface area contributed by atoms with Crippen molar-refractivity contribution in [2.75, 3.05) is 6.54 Å². The van der Waals surface area contributed by atoms with Crippen LogP contribution in [0.4, 0.5) is 4.39 Å². The minimum Gasteiger partial charge on any atom is -0.391 e. The van der Waals surface area contributed by atoms with Gasteiger partial charge in [-0.25, -0.2) is 4.39 Å². The molecular weight excluding hydrogens is 271 g/mol. The van der Waals surface area contributed by atoms with Crippen molar-refractivity contribution >= 4 is 17.5 Å². The highest BCUT2D eigenvalue weighted by molar-refractivity contribution is 6.30. The van der Waals surface area contributed by atoms with Gasteiger partial charge >= 0.3 is 0 Å². The van der Waals surface area contributed by atoms with Crippen molar-refractivity contribution in [3.63, 3.8) is 0 Å². The van der Waals surface area contributed by atoms with Crippen molar-refractivity contribution in [3.8, 4) is 0 Å². The summed E-state index contributed by atoms with van der Waals surface area (Å²) in [6.45, 7) is 2.27. The first-order chi connectivity index (χ1) is 9.00. The number of hydrogen-bond donors (Lipinski definition) is 3. The van der Waals surface area contributed by atoms with Gasteiger partial charge in [0.2, 0.25) is 5.91 Å². The second kappa shape index (κ2) is 5.86. The predicted octanol–water partition coefficient (Wildman–Crippen LogP) is 1.38. The molecule has 1 aromatic rings. The summed E-state index contributed by atoms with van der Waals surface area (Å²) in [5, 5.41) is 15.2. The van der Waals surface area contributed by atoms with E-state index in [0.29, 0.717) is 18.5 Å². The lowest BCUT2D eigenvalue weighted by atomic mass is 10.1. The summed E-state index contributed by atoms with van der Waals surface area (Å²) < 4.78 is 13.8. The Morgan fingerprint density at radius 2 is 2.37 bits per heavy atom. The van der Waals surface area contributed by atoms with Crippen LogP contribution in [0.2, 0.25) is 5.02 Å². The van der Waals surface area contributed by atoms with Crippen molar-refractivity contribution < 1.29 is 14.3 Å². The number of nitrogens with one attached hydrogen (secondary N) is 2. The molecule has 1 amide bonds. The molecule has 6 heteroatoms. The predicted molar refractivity (Wildman–Crippen MR) is 70.4 cm³/mol. The number of carbonyl (C=O) groups excluding carboxylic acids is 1. The summed E-state index contributed by atoms with van der Waals surface area (Å²) in [5.74, 6) is -0.867.